The number of benzene rings is 1. The molecular formula is C29H31N9O. The van der Waals surface area contributed by atoms with Crippen LogP contribution in [0.3, 0.4) is 0 Å². The molecule has 10 heteroatoms. The summed E-state index contributed by atoms with van der Waals surface area (Å²) in [4.78, 5) is 26.4. The van der Waals surface area contributed by atoms with Crippen molar-refractivity contribution in [2.75, 3.05) is 16.0 Å². The number of anilines is 3. The van der Waals surface area contributed by atoms with Crippen LogP contribution in [0.25, 0.3) is 22.6 Å². The van der Waals surface area contributed by atoms with Crippen LogP contribution in [-0.2, 0) is 5.41 Å². The predicted molar refractivity (Wildman–Crippen MR) is 153 cm³/mol. The third-order valence-corrected chi connectivity index (χ3v) is 6.72. The van der Waals surface area contributed by atoms with Gasteiger partial charge in [-0.1, -0.05) is 26.8 Å². The highest BCUT2D eigenvalue weighted by molar-refractivity contribution is 5.99. The van der Waals surface area contributed by atoms with E-state index in [2.05, 4.69) is 51.7 Å². The Morgan fingerprint density at radius 3 is 2.59 bits per heavy atom. The Labute approximate surface area is 226 Å². The minimum Gasteiger partial charge on any atom is -0.364 e. The Hall–Kier alpha value is -4.73. The topological polar surface area (TPSA) is 114 Å². The van der Waals surface area contributed by atoms with Crippen LogP contribution < -0.4 is 16.0 Å². The summed E-state index contributed by atoms with van der Waals surface area (Å²) in [5.74, 6) is 1.37. The molecule has 1 aliphatic rings. The Bertz CT molecular complexity index is 1660. The van der Waals surface area contributed by atoms with E-state index in [4.69, 9.17) is 5.10 Å². The van der Waals surface area contributed by atoms with Crippen LogP contribution in [0.5, 0.6) is 0 Å². The minimum absolute atomic E-state index is 0.186. The number of carbonyl (C=O) groups is 1. The van der Waals surface area contributed by atoms with Crippen molar-refractivity contribution >= 4 is 29.0 Å². The first kappa shape index (κ1) is 24.6. The number of nitrogens with zero attached hydrogens (tertiary/aromatic N) is 6. The average molecular weight is 522 g/mol. The van der Waals surface area contributed by atoms with Crippen LogP contribution in [0.15, 0.2) is 67.4 Å². The van der Waals surface area contributed by atoms with E-state index in [1.807, 2.05) is 60.1 Å². The standard InChI is InChI=1S/C29H31N9O/c1-18-14-20(9-10-22(18)23-17-32-26(33-19-7-8-19)27-31-12-13-37(23)27)34-28(39)35-25-15-24(29(2,3)4)36-38(25)21-6-5-11-30-16-21/h5-6,9-17,19H,7-8H2,1-4H3,(H,32,33)(H2,34,35,39). The number of aromatic nitrogens is 6. The molecule has 0 saturated heterocycles. The molecule has 0 radical (unpaired) electrons. The number of hydrogen-bond donors (Lipinski definition) is 3. The van der Waals surface area contributed by atoms with Gasteiger partial charge in [0.15, 0.2) is 11.5 Å². The quantitative estimate of drug-likeness (QED) is 0.260. The molecule has 198 valence electrons. The second-order valence-electron chi connectivity index (χ2n) is 10.9. The van der Waals surface area contributed by atoms with Crippen LogP contribution in [0, 0.1) is 6.92 Å². The molecule has 39 heavy (non-hydrogen) atoms. The minimum atomic E-state index is -0.359. The van der Waals surface area contributed by atoms with Gasteiger partial charge >= 0.3 is 6.03 Å². The largest absolute Gasteiger partial charge is 0.364 e. The fraction of sp³-hybridized carbons (Fsp3) is 0.276. The second kappa shape index (κ2) is 9.54. The van der Waals surface area contributed by atoms with E-state index < -0.39 is 0 Å². The molecule has 1 saturated carbocycles. The van der Waals surface area contributed by atoms with E-state index in [1.165, 1.54) is 12.8 Å². The van der Waals surface area contributed by atoms with Gasteiger partial charge in [-0.25, -0.2) is 19.4 Å². The maximum Gasteiger partial charge on any atom is 0.324 e. The summed E-state index contributed by atoms with van der Waals surface area (Å²) in [5, 5.41) is 14.1. The Morgan fingerprint density at radius 2 is 1.87 bits per heavy atom. The molecule has 0 aliphatic heterocycles. The summed E-state index contributed by atoms with van der Waals surface area (Å²) < 4.78 is 3.75. The summed E-state index contributed by atoms with van der Waals surface area (Å²) in [7, 11) is 0. The van der Waals surface area contributed by atoms with Gasteiger partial charge in [-0.15, -0.1) is 0 Å². The molecule has 6 rings (SSSR count). The summed E-state index contributed by atoms with van der Waals surface area (Å²) >= 11 is 0. The third-order valence-electron chi connectivity index (χ3n) is 6.72. The SMILES string of the molecule is Cc1cc(NC(=O)Nc2cc(C(C)(C)C)nn2-c2cccnc2)ccc1-c1cnc(NC2CC2)c2nccn12. The van der Waals surface area contributed by atoms with Crippen molar-refractivity contribution in [2.45, 2.75) is 52.0 Å². The van der Waals surface area contributed by atoms with Crippen molar-refractivity contribution in [1.29, 1.82) is 0 Å². The number of hydrogen-bond acceptors (Lipinski definition) is 6. The van der Waals surface area contributed by atoms with Crippen molar-refractivity contribution < 1.29 is 4.79 Å². The van der Waals surface area contributed by atoms with Crippen LogP contribution in [-0.4, -0.2) is 41.2 Å². The lowest BCUT2D eigenvalue weighted by Gasteiger charge is -2.14. The van der Waals surface area contributed by atoms with Crippen molar-refractivity contribution in [2.24, 2.45) is 0 Å². The molecule has 1 aromatic carbocycles. The highest BCUT2D eigenvalue weighted by Crippen LogP contribution is 2.31. The third kappa shape index (κ3) is 5.05. The maximum atomic E-state index is 13.1. The van der Waals surface area contributed by atoms with Crippen molar-refractivity contribution in [3.05, 3.63) is 78.6 Å². The maximum absolute atomic E-state index is 13.1. The van der Waals surface area contributed by atoms with Gasteiger partial charge < -0.3 is 10.6 Å². The number of urea groups is 1. The van der Waals surface area contributed by atoms with Crippen molar-refractivity contribution in [3.8, 4) is 16.9 Å². The zero-order valence-corrected chi connectivity index (χ0v) is 22.4. The average Bonchev–Trinajstić information content (AvgIpc) is 3.39. The molecule has 0 atom stereocenters. The fourth-order valence-electron chi connectivity index (χ4n) is 4.46. The summed E-state index contributed by atoms with van der Waals surface area (Å²) in [6.07, 6.45) is 11.4. The second-order valence-corrected chi connectivity index (χ2v) is 10.9. The summed E-state index contributed by atoms with van der Waals surface area (Å²) in [5.41, 5.74) is 5.88. The fourth-order valence-corrected chi connectivity index (χ4v) is 4.46. The van der Waals surface area contributed by atoms with E-state index in [-0.39, 0.29) is 11.4 Å². The van der Waals surface area contributed by atoms with Gasteiger partial charge in [0.25, 0.3) is 0 Å². The highest BCUT2D eigenvalue weighted by Gasteiger charge is 2.24. The molecule has 1 aliphatic carbocycles. The summed E-state index contributed by atoms with van der Waals surface area (Å²) in [6.45, 7) is 8.27. The van der Waals surface area contributed by atoms with E-state index in [9.17, 15) is 4.79 Å². The van der Waals surface area contributed by atoms with Crippen LogP contribution >= 0.6 is 0 Å². The van der Waals surface area contributed by atoms with Gasteiger partial charge in [0.05, 0.1) is 29.5 Å². The Kier molecular flexibility index (Phi) is 6.02. The molecule has 0 spiro atoms. The smallest absolute Gasteiger partial charge is 0.324 e. The highest BCUT2D eigenvalue weighted by atomic mass is 16.2. The first-order valence-electron chi connectivity index (χ1n) is 13.0. The van der Waals surface area contributed by atoms with Gasteiger partial charge in [-0.05, 0) is 49.6 Å². The lowest BCUT2D eigenvalue weighted by Crippen LogP contribution is -2.21. The van der Waals surface area contributed by atoms with Crippen molar-refractivity contribution in [1.82, 2.24) is 29.1 Å². The lowest BCUT2D eigenvalue weighted by molar-refractivity contribution is 0.262. The number of aryl methyl sites for hydroxylation is 1. The van der Waals surface area contributed by atoms with E-state index in [1.54, 1.807) is 23.3 Å². The first-order valence-corrected chi connectivity index (χ1v) is 13.0. The van der Waals surface area contributed by atoms with Gasteiger partial charge in [0, 0.05) is 47.4 Å². The molecule has 3 N–H and O–H groups in total. The predicted octanol–water partition coefficient (Wildman–Crippen LogP) is 5.80. The number of rotatable bonds is 6. The zero-order valence-electron chi connectivity index (χ0n) is 22.4. The molecule has 0 unspecified atom stereocenters. The number of fused-ring (bicyclic) bond motifs is 1. The lowest BCUT2D eigenvalue weighted by atomic mass is 9.92. The molecule has 4 heterocycles. The van der Waals surface area contributed by atoms with Gasteiger partial charge in [0.2, 0.25) is 0 Å². The van der Waals surface area contributed by atoms with Crippen LogP contribution in [0.4, 0.5) is 22.1 Å². The normalized spacial score (nSPS) is 13.4. The van der Waals surface area contributed by atoms with E-state index >= 15 is 0 Å². The molecular weight excluding hydrogens is 490 g/mol. The molecule has 4 aromatic heterocycles. The van der Waals surface area contributed by atoms with Crippen LogP contribution in [0.2, 0.25) is 0 Å². The van der Waals surface area contributed by atoms with Crippen LogP contribution in [0.1, 0.15) is 44.9 Å². The molecule has 1 fully saturated rings. The Balaban J connectivity index is 1.23. The molecule has 0 bridgehead atoms. The van der Waals surface area contributed by atoms with E-state index in [0.29, 0.717) is 17.5 Å². The molecule has 10 nitrogen and oxygen atoms in total. The Morgan fingerprint density at radius 1 is 1.03 bits per heavy atom. The van der Waals surface area contributed by atoms with E-state index in [0.717, 1.165) is 39.7 Å². The number of carbonyl (C=O) groups excluding carboxylic acids is 1. The molecule has 5 aromatic rings. The van der Waals surface area contributed by atoms with Gasteiger partial charge in [0.1, 0.15) is 5.82 Å². The monoisotopic (exact) mass is 521 g/mol. The summed E-state index contributed by atoms with van der Waals surface area (Å²) in [6, 6.07) is 11.6. The first-order chi connectivity index (χ1) is 18.8. The zero-order chi connectivity index (χ0) is 27.1. The number of nitrogens with one attached hydrogen (secondary N) is 3. The van der Waals surface area contributed by atoms with Crippen molar-refractivity contribution in [3.63, 3.8) is 0 Å². The molecule has 2 amide bonds. The number of amides is 2. The number of imidazole rings is 1. The van der Waals surface area contributed by atoms with Gasteiger partial charge in [-0.3, -0.25) is 14.7 Å². The number of pyridine rings is 1. The van der Waals surface area contributed by atoms with Gasteiger partial charge in [-0.2, -0.15) is 5.10 Å².